The van der Waals surface area contributed by atoms with Gasteiger partial charge in [0.25, 0.3) is 5.91 Å². The summed E-state index contributed by atoms with van der Waals surface area (Å²) in [5, 5.41) is 4.22. The molecule has 2 aromatic carbocycles. The van der Waals surface area contributed by atoms with Crippen molar-refractivity contribution in [3.05, 3.63) is 87.1 Å². The highest BCUT2D eigenvalue weighted by molar-refractivity contribution is 9.10. The van der Waals surface area contributed by atoms with Crippen molar-refractivity contribution in [3.8, 4) is 11.5 Å². The predicted molar refractivity (Wildman–Crippen MR) is 116 cm³/mol. The fraction of sp³-hybridized carbons (Fsp3) is 0.0476. The number of esters is 1. The molecule has 7 nitrogen and oxygen atoms in total. The van der Waals surface area contributed by atoms with Crippen LogP contribution in [0.3, 0.4) is 0 Å². The molecule has 0 fully saturated rings. The second kappa shape index (κ2) is 10.00. The van der Waals surface area contributed by atoms with E-state index in [0.29, 0.717) is 26.4 Å². The molecular formula is C21H15BrClN3O4. The number of nitrogens with one attached hydrogen (secondary N) is 1. The number of rotatable bonds is 6. The third-order valence-electron chi connectivity index (χ3n) is 3.83. The van der Waals surface area contributed by atoms with E-state index in [1.165, 1.54) is 19.5 Å². The number of benzene rings is 2. The van der Waals surface area contributed by atoms with E-state index in [1.54, 1.807) is 54.7 Å². The molecule has 30 heavy (non-hydrogen) atoms. The lowest BCUT2D eigenvalue weighted by molar-refractivity contribution is 0.0729. The minimum absolute atomic E-state index is 0.226. The predicted octanol–water partition coefficient (Wildman–Crippen LogP) is 4.49. The molecular weight excluding hydrogens is 474 g/mol. The van der Waals surface area contributed by atoms with Crippen LogP contribution < -0.4 is 14.9 Å². The first kappa shape index (κ1) is 21.5. The first-order valence-electron chi connectivity index (χ1n) is 8.56. The van der Waals surface area contributed by atoms with Gasteiger partial charge >= 0.3 is 5.97 Å². The van der Waals surface area contributed by atoms with Crippen molar-refractivity contribution in [2.45, 2.75) is 0 Å². The molecule has 1 N–H and O–H groups in total. The Kier molecular flexibility index (Phi) is 7.16. The van der Waals surface area contributed by atoms with Gasteiger partial charge in [0, 0.05) is 16.9 Å². The van der Waals surface area contributed by atoms with E-state index in [1.807, 2.05) is 0 Å². The van der Waals surface area contributed by atoms with Crippen molar-refractivity contribution in [2.75, 3.05) is 7.11 Å². The maximum absolute atomic E-state index is 12.3. The van der Waals surface area contributed by atoms with Gasteiger partial charge in [0.05, 0.1) is 29.5 Å². The van der Waals surface area contributed by atoms with Crippen LogP contribution in [-0.4, -0.2) is 30.2 Å². The molecule has 1 amide bonds. The number of aromatic nitrogens is 1. The van der Waals surface area contributed by atoms with Gasteiger partial charge in [-0.1, -0.05) is 23.7 Å². The fourth-order valence-electron chi connectivity index (χ4n) is 2.40. The summed E-state index contributed by atoms with van der Waals surface area (Å²) in [6, 6.07) is 13.1. The van der Waals surface area contributed by atoms with Gasteiger partial charge in [-0.15, -0.1) is 0 Å². The topological polar surface area (TPSA) is 89.9 Å². The number of hydrogen-bond acceptors (Lipinski definition) is 6. The Morgan fingerprint density at radius 3 is 2.67 bits per heavy atom. The smallest absolute Gasteiger partial charge is 0.345 e. The lowest BCUT2D eigenvalue weighted by atomic mass is 10.2. The minimum Gasteiger partial charge on any atom is -0.493 e. The second-order valence-corrected chi connectivity index (χ2v) is 7.19. The van der Waals surface area contributed by atoms with E-state index in [4.69, 9.17) is 21.1 Å². The Morgan fingerprint density at radius 2 is 1.93 bits per heavy atom. The van der Waals surface area contributed by atoms with E-state index in [0.717, 1.165) is 0 Å². The van der Waals surface area contributed by atoms with Crippen LogP contribution in [0.25, 0.3) is 0 Å². The SMILES string of the molecule is COc1cc(C=NNC(=O)c2cncc(Br)c2)ccc1OC(=O)c1ccccc1Cl. The lowest BCUT2D eigenvalue weighted by Crippen LogP contribution is -2.17. The molecule has 9 heteroatoms. The molecule has 3 rings (SSSR count). The summed E-state index contributed by atoms with van der Waals surface area (Å²) in [5.41, 5.74) is 3.65. The lowest BCUT2D eigenvalue weighted by Gasteiger charge is -2.10. The first-order chi connectivity index (χ1) is 14.5. The molecule has 0 unspecified atom stereocenters. The number of hydrogen-bond donors (Lipinski definition) is 1. The summed E-state index contributed by atoms with van der Waals surface area (Å²) in [6.45, 7) is 0. The van der Waals surface area contributed by atoms with Gasteiger partial charge < -0.3 is 9.47 Å². The Bertz CT molecular complexity index is 1120. The summed E-state index contributed by atoms with van der Waals surface area (Å²) in [4.78, 5) is 28.3. The molecule has 0 radical (unpaired) electrons. The summed E-state index contributed by atoms with van der Waals surface area (Å²) >= 11 is 9.29. The van der Waals surface area contributed by atoms with Crippen molar-refractivity contribution in [2.24, 2.45) is 5.10 Å². The first-order valence-corrected chi connectivity index (χ1v) is 9.73. The fourth-order valence-corrected chi connectivity index (χ4v) is 2.97. The number of hydrazone groups is 1. The summed E-state index contributed by atoms with van der Waals surface area (Å²) in [6.07, 6.45) is 4.44. The summed E-state index contributed by atoms with van der Waals surface area (Å²) < 4.78 is 11.4. The van der Waals surface area contributed by atoms with Crippen LogP contribution in [0.5, 0.6) is 11.5 Å². The molecule has 0 atom stereocenters. The van der Waals surface area contributed by atoms with Crippen LogP contribution in [0, 0.1) is 0 Å². The number of nitrogens with zero attached hydrogens (tertiary/aromatic N) is 2. The van der Waals surface area contributed by atoms with Gasteiger partial charge in [-0.05, 0) is 57.9 Å². The highest BCUT2D eigenvalue weighted by Gasteiger charge is 2.15. The minimum atomic E-state index is -0.602. The number of pyridine rings is 1. The van der Waals surface area contributed by atoms with Crippen molar-refractivity contribution in [1.82, 2.24) is 10.4 Å². The van der Waals surface area contributed by atoms with Crippen LogP contribution in [0.1, 0.15) is 26.3 Å². The number of amides is 1. The highest BCUT2D eigenvalue weighted by atomic mass is 79.9. The molecule has 0 saturated carbocycles. The van der Waals surface area contributed by atoms with E-state index in [-0.39, 0.29) is 11.3 Å². The standard InChI is InChI=1S/C21H15BrClN3O4/c1-29-19-8-13(10-25-26-20(27)14-9-15(22)12-24-11-14)6-7-18(19)30-21(28)16-4-2-3-5-17(16)23/h2-12H,1H3,(H,26,27). The average molecular weight is 489 g/mol. The quantitative estimate of drug-likeness (QED) is 0.239. The third kappa shape index (κ3) is 5.43. The number of carbonyl (C=O) groups excluding carboxylic acids is 2. The Balaban J connectivity index is 1.69. The summed E-state index contributed by atoms with van der Waals surface area (Å²) in [5.74, 6) is -0.460. The Hall–Kier alpha value is -3.23. The van der Waals surface area contributed by atoms with Crippen LogP contribution in [0.15, 0.2) is 70.5 Å². The van der Waals surface area contributed by atoms with Crippen molar-refractivity contribution < 1.29 is 19.1 Å². The van der Waals surface area contributed by atoms with Crippen molar-refractivity contribution in [1.29, 1.82) is 0 Å². The van der Waals surface area contributed by atoms with Gasteiger partial charge in [-0.3, -0.25) is 9.78 Å². The number of ether oxygens (including phenoxy) is 2. The van der Waals surface area contributed by atoms with E-state index < -0.39 is 11.9 Å². The molecule has 0 bridgehead atoms. The number of methoxy groups -OCH3 is 1. The molecule has 0 aliphatic carbocycles. The average Bonchev–Trinajstić information content (AvgIpc) is 2.74. The highest BCUT2D eigenvalue weighted by Crippen LogP contribution is 2.29. The zero-order valence-electron chi connectivity index (χ0n) is 15.6. The largest absolute Gasteiger partial charge is 0.493 e. The molecule has 0 spiro atoms. The van der Waals surface area contributed by atoms with Gasteiger partial charge in [-0.25, -0.2) is 10.2 Å². The van der Waals surface area contributed by atoms with Crippen LogP contribution in [0.4, 0.5) is 0 Å². The molecule has 3 aromatic rings. The van der Waals surface area contributed by atoms with E-state index >= 15 is 0 Å². The van der Waals surface area contributed by atoms with E-state index in [9.17, 15) is 9.59 Å². The maximum Gasteiger partial charge on any atom is 0.345 e. The normalized spacial score (nSPS) is 10.6. The monoisotopic (exact) mass is 487 g/mol. The Labute approximate surface area is 185 Å². The molecule has 0 aliphatic rings. The number of halogens is 2. The summed E-state index contributed by atoms with van der Waals surface area (Å²) in [7, 11) is 1.45. The number of carbonyl (C=O) groups is 2. The van der Waals surface area contributed by atoms with Crippen LogP contribution in [-0.2, 0) is 0 Å². The van der Waals surface area contributed by atoms with Gasteiger partial charge in [0.2, 0.25) is 0 Å². The zero-order chi connectivity index (χ0) is 21.5. The second-order valence-electron chi connectivity index (χ2n) is 5.87. The molecule has 1 heterocycles. The zero-order valence-corrected chi connectivity index (χ0v) is 18.0. The van der Waals surface area contributed by atoms with Crippen LogP contribution in [0.2, 0.25) is 5.02 Å². The molecule has 1 aromatic heterocycles. The van der Waals surface area contributed by atoms with Crippen molar-refractivity contribution in [3.63, 3.8) is 0 Å². The molecule has 152 valence electrons. The van der Waals surface area contributed by atoms with Gasteiger partial charge in [0.1, 0.15) is 0 Å². The van der Waals surface area contributed by atoms with Crippen molar-refractivity contribution >= 4 is 45.6 Å². The molecule has 0 saturated heterocycles. The van der Waals surface area contributed by atoms with Crippen LogP contribution >= 0.6 is 27.5 Å². The van der Waals surface area contributed by atoms with Gasteiger partial charge in [0.15, 0.2) is 11.5 Å². The third-order valence-corrected chi connectivity index (χ3v) is 4.59. The van der Waals surface area contributed by atoms with Gasteiger partial charge in [-0.2, -0.15) is 5.10 Å². The molecule has 0 aliphatic heterocycles. The van der Waals surface area contributed by atoms with E-state index in [2.05, 4.69) is 31.4 Å². The maximum atomic E-state index is 12.3. The Morgan fingerprint density at radius 1 is 1.13 bits per heavy atom.